The Morgan fingerprint density at radius 1 is 1.53 bits per heavy atom. The molecule has 1 aliphatic heterocycles. The second kappa shape index (κ2) is 5.65. The summed E-state index contributed by atoms with van der Waals surface area (Å²) in [5, 5.41) is 3.38. The Morgan fingerprint density at radius 3 is 3.06 bits per heavy atom. The van der Waals surface area contributed by atoms with Crippen LogP contribution < -0.4 is 5.32 Å². The molecule has 0 saturated heterocycles. The quantitative estimate of drug-likeness (QED) is 0.841. The molecule has 1 aromatic rings. The van der Waals surface area contributed by atoms with Crippen LogP contribution in [0.3, 0.4) is 0 Å². The van der Waals surface area contributed by atoms with Gasteiger partial charge in [-0.15, -0.1) is 0 Å². The van der Waals surface area contributed by atoms with Crippen molar-refractivity contribution in [3.8, 4) is 0 Å². The van der Waals surface area contributed by atoms with E-state index in [9.17, 15) is 0 Å². The highest BCUT2D eigenvalue weighted by Gasteiger charge is 2.19. The van der Waals surface area contributed by atoms with Crippen molar-refractivity contribution >= 4 is 0 Å². The lowest BCUT2D eigenvalue weighted by molar-refractivity contribution is 0.150. The molecule has 0 aliphatic carbocycles. The van der Waals surface area contributed by atoms with Crippen molar-refractivity contribution in [2.75, 3.05) is 20.3 Å². The molecule has 0 radical (unpaired) electrons. The van der Waals surface area contributed by atoms with E-state index in [0.29, 0.717) is 5.92 Å². The van der Waals surface area contributed by atoms with Crippen molar-refractivity contribution < 1.29 is 4.74 Å². The third-order valence-electron chi connectivity index (χ3n) is 3.33. The van der Waals surface area contributed by atoms with Crippen LogP contribution in [0.1, 0.15) is 31.1 Å². The van der Waals surface area contributed by atoms with Crippen LogP contribution in [0.5, 0.6) is 0 Å². The highest BCUT2D eigenvalue weighted by atomic mass is 16.5. The molecule has 96 valence electrons. The molecule has 1 N–H and O–H groups in total. The van der Waals surface area contributed by atoms with Crippen molar-refractivity contribution in [2.24, 2.45) is 5.92 Å². The third-order valence-corrected chi connectivity index (χ3v) is 3.33. The number of aryl methyl sites for hydroxylation is 1. The van der Waals surface area contributed by atoms with E-state index >= 15 is 0 Å². The van der Waals surface area contributed by atoms with Gasteiger partial charge in [-0.3, -0.25) is 0 Å². The molecule has 1 aromatic heterocycles. The summed E-state index contributed by atoms with van der Waals surface area (Å²) >= 11 is 0. The largest absolute Gasteiger partial charge is 0.384 e. The molecule has 4 heteroatoms. The molecule has 2 rings (SSSR count). The van der Waals surface area contributed by atoms with Crippen LogP contribution in [0.25, 0.3) is 0 Å². The van der Waals surface area contributed by atoms with Gasteiger partial charge in [-0.05, 0) is 5.92 Å². The number of imidazole rings is 1. The lowest BCUT2D eigenvalue weighted by Gasteiger charge is -2.19. The third kappa shape index (κ3) is 2.69. The molecule has 0 amide bonds. The van der Waals surface area contributed by atoms with Crippen LogP contribution in [-0.4, -0.2) is 29.8 Å². The normalized spacial score (nSPS) is 16.9. The Kier molecular flexibility index (Phi) is 4.18. The molecule has 0 bridgehead atoms. The van der Waals surface area contributed by atoms with Crippen molar-refractivity contribution in [3.63, 3.8) is 0 Å². The zero-order chi connectivity index (χ0) is 12.3. The van der Waals surface area contributed by atoms with Crippen LogP contribution in [-0.2, 0) is 30.7 Å². The van der Waals surface area contributed by atoms with Gasteiger partial charge in [-0.1, -0.05) is 13.8 Å². The maximum Gasteiger partial charge on any atom is 0.108 e. The standard InChI is InChI=1S/C13H23N3O/c1-4-13-15-11-7-14-6-5-12(11)16(13)8-10(2)9-17-3/h10,14H,4-9H2,1-3H3. The van der Waals surface area contributed by atoms with Crippen molar-refractivity contribution in [1.29, 1.82) is 0 Å². The Labute approximate surface area is 103 Å². The fourth-order valence-corrected chi connectivity index (χ4v) is 2.56. The summed E-state index contributed by atoms with van der Waals surface area (Å²) in [6.07, 6.45) is 2.11. The van der Waals surface area contributed by atoms with Crippen LogP contribution >= 0.6 is 0 Å². The number of ether oxygens (including phenoxy) is 1. The topological polar surface area (TPSA) is 39.1 Å². The highest BCUT2D eigenvalue weighted by molar-refractivity contribution is 5.20. The molecule has 2 heterocycles. The van der Waals surface area contributed by atoms with Gasteiger partial charge in [0.25, 0.3) is 0 Å². The van der Waals surface area contributed by atoms with E-state index in [-0.39, 0.29) is 0 Å². The predicted molar refractivity (Wildman–Crippen MR) is 68.1 cm³/mol. The average Bonchev–Trinajstić information content (AvgIpc) is 2.68. The number of rotatable bonds is 5. The summed E-state index contributed by atoms with van der Waals surface area (Å²) in [5.41, 5.74) is 2.68. The number of aromatic nitrogens is 2. The first kappa shape index (κ1) is 12.6. The molecule has 0 aromatic carbocycles. The van der Waals surface area contributed by atoms with Crippen LogP contribution in [0.4, 0.5) is 0 Å². The van der Waals surface area contributed by atoms with Gasteiger partial charge < -0.3 is 14.6 Å². The van der Waals surface area contributed by atoms with E-state index in [2.05, 4.69) is 23.7 Å². The maximum absolute atomic E-state index is 5.22. The number of nitrogens with one attached hydrogen (secondary N) is 1. The average molecular weight is 237 g/mol. The fourth-order valence-electron chi connectivity index (χ4n) is 2.56. The van der Waals surface area contributed by atoms with E-state index in [1.54, 1.807) is 7.11 Å². The Morgan fingerprint density at radius 2 is 2.35 bits per heavy atom. The maximum atomic E-state index is 5.22. The van der Waals surface area contributed by atoms with Gasteiger partial charge >= 0.3 is 0 Å². The SMILES string of the molecule is CCc1nc2c(n1CC(C)COC)CCNC2. The van der Waals surface area contributed by atoms with Gasteiger partial charge in [0.1, 0.15) is 5.82 Å². The van der Waals surface area contributed by atoms with Crippen molar-refractivity contribution in [1.82, 2.24) is 14.9 Å². The zero-order valence-corrected chi connectivity index (χ0v) is 11.1. The van der Waals surface area contributed by atoms with Crippen LogP contribution in [0.15, 0.2) is 0 Å². The second-order valence-electron chi connectivity index (χ2n) is 4.87. The van der Waals surface area contributed by atoms with Gasteiger partial charge in [0, 0.05) is 45.3 Å². The smallest absolute Gasteiger partial charge is 0.108 e. The van der Waals surface area contributed by atoms with E-state index in [4.69, 9.17) is 9.72 Å². The van der Waals surface area contributed by atoms with Gasteiger partial charge in [-0.25, -0.2) is 4.98 Å². The van der Waals surface area contributed by atoms with Gasteiger partial charge in [0.05, 0.1) is 12.3 Å². The Bertz CT molecular complexity index is 373. The molecule has 17 heavy (non-hydrogen) atoms. The van der Waals surface area contributed by atoms with Crippen molar-refractivity contribution in [3.05, 3.63) is 17.2 Å². The molecule has 0 spiro atoms. The highest BCUT2D eigenvalue weighted by Crippen LogP contribution is 2.18. The monoisotopic (exact) mass is 237 g/mol. The molecule has 1 unspecified atom stereocenters. The first-order chi connectivity index (χ1) is 8.26. The summed E-state index contributed by atoms with van der Waals surface area (Å²) < 4.78 is 7.64. The minimum atomic E-state index is 0.540. The second-order valence-corrected chi connectivity index (χ2v) is 4.87. The summed E-state index contributed by atoms with van der Waals surface area (Å²) in [5.74, 6) is 1.76. The number of hydrogen-bond donors (Lipinski definition) is 1. The lowest BCUT2D eigenvalue weighted by Crippen LogP contribution is -2.26. The first-order valence-corrected chi connectivity index (χ1v) is 6.53. The van der Waals surface area contributed by atoms with Gasteiger partial charge in [-0.2, -0.15) is 0 Å². The Hall–Kier alpha value is -0.870. The molecule has 1 aliphatic rings. The van der Waals surface area contributed by atoms with Crippen molar-refractivity contribution in [2.45, 2.75) is 39.8 Å². The summed E-state index contributed by atoms with van der Waals surface area (Å²) in [6, 6.07) is 0. The van der Waals surface area contributed by atoms with Crippen LogP contribution in [0.2, 0.25) is 0 Å². The van der Waals surface area contributed by atoms with Crippen LogP contribution in [0, 0.1) is 5.92 Å². The molecular formula is C13H23N3O. The first-order valence-electron chi connectivity index (χ1n) is 6.53. The van der Waals surface area contributed by atoms with Gasteiger partial charge in [0.15, 0.2) is 0 Å². The number of fused-ring (bicyclic) bond motifs is 1. The van der Waals surface area contributed by atoms with E-state index in [1.165, 1.54) is 17.2 Å². The minimum Gasteiger partial charge on any atom is -0.384 e. The molecule has 4 nitrogen and oxygen atoms in total. The van der Waals surface area contributed by atoms with E-state index in [1.807, 2.05) is 0 Å². The number of nitrogens with zero attached hydrogens (tertiary/aromatic N) is 2. The van der Waals surface area contributed by atoms with E-state index < -0.39 is 0 Å². The number of hydrogen-bond acceptors (Lipinski definition) is 3. The summed E-state index contributed by atoms with van der Waals surface area (Å²) in [7, 11) is 1.77. The fraction of sp³-hybridized carbons (Fsp3) is 0.769. The molecule has 0 saturated carbocycles. The minimum absolute atomic E-state index is 0.540. The predicted octanol–water partition coefficient (Wildman–Crippen LogP) is 1.37. The lowest BCUT2D eigenvalue weighted by atomic mass is 10.1. The van der Waals surface area contributed by atoms with Gasteiger partial charge in [0.2, 0.25) is 0 Å². The molecule has 0 fully saturated rings. The number of methoxy groups -OCH3 is 1. The summed E-state index contributed by atoms with van der Waals surface area (Å²) in [4.78, 5) is 4.74. The van der Waals surface area contributed by atoms with E-state index in [0.717, 1.165) is 39.1 Å². The Balaban J connectivity index is 2.21. The molecular weight excluding hydrogens is 214 g/mol. The summed E-state index contributed by atoms with van der Waals surface area (Å²) in [6.45, 7) is 8.25. The molecule has 1 atom stereocenters. The zero-order valence-electron chi connectivity index (χ0n) is 11.1.